The van der Waals surface area contributed by atoms with Crippen molar-refractivity contribution < 1.29 is 9.47 Å². The van der Waals surface area contributed by atoms with Gasteiger partial charge in [0, 0.05) is 65.9 Å². The fourth-order valence-corrected chi connectivity index (χ4v) is 3.31. The number of nitrogens with zero attached hydrogens (tertiary/aromatic N) is 2. The van der Waals surface area contributed by atoms with E-state index >= 15 is 0 Å². The number of hydrogen-bond acceptors (Lipinski definition) is 4. The van der Waals surface area contributed by atoms with Crippen molar-refractivity contribution in [2.45, 2.75) is 44.4 Å². The number of methoxy groups -OCH3 is 1. The molecule has 0 aromatic heterocycles. The topological polar surface area (TPSA) is 58.1 Å². The normalized spacial score (nSPS) is 17.7. The van der Waals surface area contributed by atoms with E-state index < -0.39 is 0 Å². The van der Waals surface area contributed by atoms with Gasteiger partial charge < -0.3 is 20.1 Å². The number of guanidine groups is 1. The Morgan fingerprint density at radius 1 is 1.25 bits per heavy atom. The van der Waals surface area contributed by atoms with Gasteiger partial charge >= 0.3 is 0 Å². The Morgan fingerprint density at radius 3 is 2.54 bits per heavy atom. The molecule has 1 atom stereocenters. The highest BCUT2D eigenvalue weighted by molar-refractivity contribution is 14.0. The highest BCUT2D eigenvalue weighted by Gasteiger charge is 2.32. The van der Waals surface area contributed by atoms with Gasteiger partial charge in [-0.25, -0.2) is 0 Å². The molecule has 1 unspecified atom stereocenters. The summed E-state index contributed by atoms with van der Waals surface area (Å²) < 4.78 is 11.2. The lowest BCUT2D eigenvalue weighted by Gasteiger charge is -2.36. The van der Waals surface area contributed by atoms with E-state index in [4.69, 9.17) is 9.47 Å². The van der Waals surface area contributed by atoms with Crippen molar-refractivity contribution >= 4 is 29.9 Å². The van der Waals surface area contributed by atoms with E-state index in [0.717, 1.165) is 58.1 Å². The summed E-state index contributed by atoms with van der Waals surface area (Å²) in [6, 6.07) is 11.1. The first kappa shape index (κ1) is 25.1. The third kappa shape index (κ3) is 8.23. The molecule has 7 heteroatoms. The lowest BCUT2D eigenvalue weighted by atomic mass is 9.94. The molecule has 6 nitrogen and oxygen atoms in total. The molecule has 1 heterocycles. The van der Waals surface area contributed by atoms with Crippen molar-refractivity contribution in [2.75, 3.05) is 47.5 Å². The first-order valence-electron chi connectivity index (χ1n) is 9.90. The molecule has 1 aliphatic rings. The molecule has 0 radical (unpaired) electrons. The molecule has 1 saturated heterocycles. The van der Waals surface area contributed by atoms with Crippen LogP contribution in [0.5, 0.6) is 0 Å². The number of nitrogens with one attached hydrogen (secondary N) is 2. The summed E-state index contributed by atoms with van der Waals surface area (Å²) in [6.07, 6.45) is 2.87. The highest BCUT2D eigenvalue weighted by atomic mass is 127. The van der Waals surface area contributed by atoms with Crippen LogP contribution in [-0.2, 0) is 16.0 Å². The average Bonchev–Trinajstić information content (AvgIpc) is 2.71. The molecule has 160 valence electrons. The van der Waals surface area contributed by atoms with Crippen molar-refractivity contribution in [3.8, 4) is 0 Å². The maximum absolute atomic E-state index is 5.77. The molecule has 1 aromatic carbocycles. The second-order valence-electron chi connectivity index (χ2n) is 7.39. The van der Waals surface area contributed by atoms with Gasteiger partial charge in [-0.3, -0.25) is 9.89 Å². The maximum atomic E-state index is 5.77. The number of rotatable bonds is 9. The van der Waals surface area contributed by atoms with Crippen LogP contribution in [0.3, 0.4) is 0 Å². The molecule has 28 heavy (non-hydrogen) atoms. The van der Waals surface area contributed by atoms with E-state index in [1.54, 1.807) is 7.11 Å². The van der Waals surface area contributed by atoms with Gasteiger partial charge in [-0.15, -0.1) is 24.0 Å². The zero-order valence-electron chi connectivity index (χ0n) is 17.7. The molecular formula is C21H37IN4O2. The smallest absolute Gasteiger partial charge is 0.191 e. The summed E-state index contributed by atoms with van der Waals surface area (Å²) in [7, 11) is 5.77. The first-order chi connectivity index (χ1) is 13.1. The zero-order valence-corrected chi connectivity index (χ0v) is 20.1. The van der Waals surface area contributed by atoms with E-state index in [-0.39, 0.29) is 29.6 Å². The monoisotopic (exact) mass is 504 g/mol. The number of hydrogen-bond donors (Lipinski definition) is 2. The van der Waals surface area contributed by atoms with Crippen molar-refractivity contribution in [3.63, 3.8) is 0 Å². The Hall–Kier alpha value is -0.900. The minimum Gasteiger partial charge on any atom is -0.381 e. The van der Waals surface area contributed by atoms with Crippen molar-refractivity contribution in [3.05, 3.63) is 35.9 Å². The van der Waals surface area contributed by atoms with Gasteiger partial charge in [0.05, 0.1) is 5.60 Å². The summed E-state index contributed by atoms with van der Waals surface area (Å²) >= 11 is 0. The lowest BCUT2D eigenvalue weighted by Crippen LogP contribution is -2.51. The quantitative estimate of drug-likeness (QED) is 0.308. The van der Waals surface area contributed by atoms with E-state index in [1.165, 1.54) is 5.56 Å². The second-order valence-corrected chi connectivity index (χ2v) is 7.39. The third-order valence-corrected chi connectivity index (χ3v) is 5.52. The zero-order chi connectivity index (χ0) is 19.5. The minimum atomic E-state index is -0.154. The van der Waals surface area contributed by atoms with Crippen LogP contribution in [0.25, 0.3) is 0 Å². The van der Waals surface area contributed by atoms with Crippen LogP contribution >= 0.6 is 24.0 Å². The fourth-order valence-electron chi connectivity index (χ4n) is 3.31. The molecule has 0 spiro atoms. The van der Waals surface area contributed by atoms with Gasteiger partial charge in [0.1, 0.15) is 0 Å². The third-order valence-electron chi connectivity index (χ3n) is 5.52. The lowest BCUT2D eigenvalue weighted by molar-refractivity contribution is -0.0855. The SMILES string of the molecule is CN=C(NCCC(C)N(C)Cc1ccccc1)NCC1(OC)CCOCC1.I. The fraction of sp³-hybridized carbons (Fsp3) is 0.667. The van der Waals surface area contributed by atoms with Crippen molar-refractivity contribution in [1.29, 1.82) is 0 Å². The molecule has 1 fully saturated rings. The first-order valence-corrected chi connectivity index (χ1v) is 9.90. The van der Waals surface area contributed by atoms with Crippen LogP contribution in [0, 0.1) is 0 Å². The second kappa shape index (κ2) is 13.3. The van der Waals surface area contributed by atoms with E-state index in [0.29, 0.717) is 6.04 Å². The molecule has 2 rings (SSSR count). The van der Waals surface area contributed by atoms with Crippen LogP contribution in [0.1, 0.15) is 31.7 Å². The van der Waals surface area contributed by atoms with Crippen LogP contribution in [0.15, 0.2) is 35.3 Å². The van der Waals surface area contributed by atoms with Gasteiger partial charge in [-0.1, -0.05) is 30.3 Å². The van der Waals surface area contributed by atoms with Gasteiger partial charge in [0.2, 0.25) is 0 Å². The molecule has 1 aromatic rings. The van der Waals surface area contributed by atoms with Crippen molar-refractivity contribution in [2.24, 2.45) is 4.99 Å². The number of benzene rings is 1. The Kier molecular flexibility index (Phi) is 12.0. The predicted octanol–water partition coefficient (Wildman–Crippen LogP) is 2.88. The largest absolute Gasteiger partial charge is 0.381 e. The van der Waals surface area contributed by atoms with Crippen molar-refractivity contribution in [1.82, 2.24) is 15.5 Å². The minimum absolute atomic E-state index is 0. The Bertz CT molecular complexity index is 565. The van der Waals surface area contributed by atoms with Gasteiger partial charge in [0.15, 0.2) is 5.96 Å². The number of halogens is 1. The molecule has 0 bridgehead atoms. The Morgan fingerprint density at radius 2 is 1.93 bits per heavy atom. The molecular weight excluding hydrogens is 467 g/mol. The van der Waals surface area contributed by atoms with Gasteiger partial charge in [0.25, 0.3) is 0 Å². The number of aliphatic imine (C=N–C) groups is 1. The highest BCUT2D eigenvalue weighted by Crippen LogP contribution is 2.23. The summed E-state index contributed by atoms with van der Waals surface area (Å²) in [5.41, 5.74) is 1.19. The summed E-state index contributed by atoms with van der Waals surface area (Å²) in [5, 5.41) is 6.84. The summed E-state index contributed by atoms with van der Waals surface area (Å²) in [6.45, 7) is 6.37. The Balaban J connectivity index is 0.00000392. The van der Waals surface area contributed by atoms with E-state index in [2.05, 4.69) is 64.8 Å². The Labute approximate surface area is 187 Å². The standard InChI is InChI=1S/C21H36N4O2.HI/c1-18(25(3)16-19-8-6-5-7-9-19)10-13-23-20(22-2)24-17-21(26-4)11-14-27-15-12-21;/h5-9,18H,10-17H2,1-4H3,(H2,22,23,24);1H. The molecule has 0 aliphatic carbocycles. The van der Waals surface area contributed by atoms with E-state index in [9.17, 15) is 0 Å². The van der Waals surface area contributed by atoms with Crippen LogP contribution < -0.4 is 10.6 Å². The summed E-state index contributed by atoms with van der Waals surface area (Å²) in [5.74, 6) is 0.829. The van der Waals surface area contributed by atoms with Gasteiger partial charge in [-0.05, 0) is 26.0 Å². The molecule has 1 aliphatic heterocycles. The number of ether oxygens (including phenoxy) is 2. The molecule has 2 N–H and O–H groups in total. The van der Waals surface area contributed by atoms with Gasteiger partial charge in [-0.2, -0.15) is 0 Å². The van der Waals surface area contributed by atoms with Crippen LogP contribution in [-0.4, -0.2) is 70.0 Å². The average molecular weight is 504 g/mol. The molecule has 0 saturated carbocycles. The van der Waals surface area contributed by atoms with Crippen LogP contribution in [0.4, 0.5) is 0 Å². The predicted molar refractivity (Wildman–Crippen MR) is 127 cm³/mol. The molecule has 0 amide bonds. The van der Waals surface area contributed by atoms with Crippen LogP contribution in [0.2, 0.25) is 0 Å². The van der Waals surface area contributed by atoms with E-state index in [1.807, 2.05) is 7.05 Å². The maximum Gasteiger partial charge on any atom is 0.191 e. The summed E-state index contributed by atoms with van der Waals surface area (Å²) in [4.78, 5) is 6.73.